The summed E-state index contributed by atoms with van der Waals surface area (Å²) >= 11 is 0. The third-order valence-corrected chi connectivity index (χ3v) is 5.55. The highest BCUT2D eigenvalue weighted by Crippen LogP contribution is 2.26. The van der Waals surface area contributed by atoms with Gasteiger partial charge in [-0.25, -0.2) is 4.79 Å². The Bertz CT molecular complexity index is 983. The number of hydrogen-bond donors (Lipinski definition) is 3. The van der Waals surface area contributed by atoms with Crippen LogP contribution in [0.15, 0.2) is 73.0 Å². The molecule has 6 nitrogen and oxygen atoms in total. The first kappa shape index (κ1) is 23.3. The van der Waals surface area contributed by atoms with Gasteiger partial charge in [-0.05, 0) is 42.5 Å². The van der Waals surface area contributed by atoms with Gasteiger partial charge in [0.2, 0.25) is 0 Å². The van der Waals surface area contributed by atoms with E-state index in [0.717, 1.165) is 0 Å². The zero-order valence-electron chi connectivity index (χ0n) is 18.1. The molecule has 1 aliphatic heterocycles. The van der Waals surface area contributed by atoms with E-state index < -0.39 is 18.2 Å². The van der Waals surface area contributed by atoms with Crippen molar-refractivity contribution < 1.29 is 24.5 Å². The lowest BCUT2D eigenvalue weighted by atomic mass is 9.93. The summed E-state index contributed by atoms with van der Waals surface area (Å²) in [7, 11) is 0. The Morgan fingerprint density at radius 2 is 1.94 bits per heavy atom. The Morgan fingerprint density at radius 1 is 1.16 bits per heavy atom. The van der Waals surface area contributed by atoms with Crippen LogP contribution in [0, 0.1) is 5.92 Å². The van der Waals surface area contributed by atoms with E-state index in [9.17, 15) is 19.8 Å². The Morgan fingerprint density at radius 3 is 2.72 bits per heavy atom. The number of aliphatic hydroxyl groups is 1. The minimum absolute atomic E-state index is 0.00251. The van der Waals surface area contributed by atoms with Gasteiger partial charge >= 0.3 is 5.97 Å². The first-order valence-electron chi connectivity index (χ1n) is 10.8. The van der Waals surface area contributed by atoms with Crippen LogP contribution >= 0.6 is 0 Å². The molecule has 3 unspecified atom stereocenters. The van der Waals surface area contributed by atoms with Gasteiger partial charge in [0.15, 0.2) is 0 Å². The maximum atomic E-state index is 12.9. The first-order valence-corrected chi connectivity index (χ1v) is 10.8. The van der Waals surface area contributed by atoms with Crippen molar-refractivity contribution in [3.05, 3.63) is 89.6 Å². The average Bonchev–Trinajstić information content (AvgIpc) is 2.78. The van der Waals surface area contributed by atoms with Crippen LogP contribution in [0.3, 0.4) is 0 Å². The van der Waals surface area contributed by atoms with E-state index in [4.69, 9.17) is 4.74 Å². The molecule has 3 atom stereocenters. The molecule has 2 aromatic carbocycles. The minimum Gasteiger partial charge on any atom is -0.507 e. The van der Waals surface area contributed by atoms with Gasteiger partial charge in [0.1, 0.15) is 17.4 Å². The van der Waals surface area contributed by atoms with Crippen LogP contribution in [0.5, 0.6) is 5.75 Å². The van der Waals surface area contributed by atoms with Crippen LogP contribution in [0.1, 0.15) is 52.5 Å². The van der Waals surface area contributed by atoms with Crippen molar-refractivity contribution in [2.75, 3.05) is 0 Å². The maximum Gasteiger partial charge on any atom is 0.342 e. The fraction of sp³-hybridized carbons (Fsp3) is 0.308. The van der Waals surface area contributed by atoms with Gasteiger partial charge in [-0.2, -0.15) is 0 Å². The van der Waals surface area contributed by atoms with Gasteiger partial charge < -0.3 is 20.3 Å². The second-order valence-electron chi connectivity index (χ2n) is 8.01. The van der Waals surface area contributed by atoms with Crippen molar-refractivity contribution in [1.82, 2.24) is 5.32 Å². The van der Waals surface area contributed by atoms with Crippen LogP contribution in [0.25, 0.3) is 0 Å². The smallest absolute Gasteiger partial charge is 0.342 e. The highest BCUT2D eigenvalue weighted by atomic mass is 16.5. The van der Waals surface area contributed by atoms with Crippen molar-refractivity contribution in [3.8, 4) is 5.75 Å². The third kappa shape index (κ3) is 6.31. The number of cyclic esters (lactones) is 1. The number of allylic oxidation sites excluding steroid dienone is 2. The maximum absolute atomic E-state index is 12.9. The summed E-state index contributed by atoms with van der Waals surface area (Å²) in [5.41, 5.74) is 1.37. The molecule has 0 saturated carbocycles. The summed E-state index contributed by atoms with van der Waals surface area (Å²) in [6, 6.07) is 13.8. The topological polar surface area (TPSA) is 95.9 Å². The third-order valence-electron chi connectivity index (χ3n) is 5.55. The Labute approximate surface area is 188 Å². The summed E-state index contributed by atoms with van der Waals surface area (Å²) in [5.74, 6) is -0.996. The van der Waals surface area contributed by atoms with E-state index in [0.29, 0.717) is 30.4 Å². The van der Waals surface area contributed by atoms with E-state index in [1.165, 1.54) is 12.3 Å². The molecule has 32 heavy (non-hydrogen) atoms. The number of phenolic OH excluding ortho intramolecular Hbond substituents is 1. The molecule has 2 aromatic rings. The standard InChI is InChI=1S/C26H29NO5/c1-18-9-5-6-10-19-13-7-15-22(28)24(19)26(31)32-21(17-23(18)29)14-8-16-27-25(30)20-11-3-2-4-12-20/h2-8,11-13,15-16,18,21,23,28-29H,9-10,14,17H2,1H3,(H,27,30)/b6-5+,16-8+. The number of esters is 1. The van der Waals surface area contributed by atoms with E-state index in [1.54, 1.807) is 42.5 Å². The number of aromatic hydroxyl groups is 1. The lowest BCUT2D eigenvalue weighted by Gasteiger charge is -2.24. The molecular formula is C26H29NO5. The second kappa shape index (κ2) is 11.3. The molecule has 1 aliphatic rings. The number of hydrogen-bond acceptors (Lipinski definition) is 5. The molecule has 168 valence electrons. The number of rotatable bonds is 4. The molecule has 0 bridgehead atoms. The van der Waals surface area contributed by atoms with Crippen molar-refractivity contribution >= 4 is 11.9 Å². The van der Waals surface area contributed by atoms with Crippen molar-refractivity contribution in [3.63, 3.8) is 0 Å². The van der Waals surface area contributed by atoms with Gasteiger partial charge in [0.05, 0.1) is 6.10 Å². The Kier molecular flexibility index (Phi) is 8.22. The van der Waals surface area contributed by atoms with Gasteiger partial charge in [0, 0.05) is 24.6 Å². The number of nitrogens with one attached hydrogen (secondary N) is 1. The highest BCUT2D eigenvalue weighted by molar-refractivity contribution is 5.95. The quantitative estimate of drug-likeness (QED) is 0.496. The molecule has 3 rings (SSSR count). The number of benzene rings is 2. The van der Waals surface area contributed by atoms with Gasteiger partial charge in [-0.1, -0.05) is 55.5 Å². The molecule has 0 fully saturated rings. The Hall–Kier alpha value is -3.38. The zero-order chi connectivity index (χ0) is 22.9. The molecular weight excluding hydrogens is 406 g/mol. The van der Waals surface area contributed by atoms with Crippen molar-refractivity contribution in [2.45, 2.75) is 44.8 Å². The summed E-state index contributed by atoms with van der Waals surface area (Å²) < 4.78 is 5.69. The number of aliphatic hydroxyl groups excluding tert-OH is 1. The summed E-state index contributed by atoms with van der Waals surface area (Å²) in [6.45, 7) is 1.95. The number of ether oxygens (including phenoxy) is 1. The largest absolute Gasteiger partial charge is 0.507 e. The van der Waals surface area contributed by atoms with Crippen LogP contribution in [-0.2, 0) is 11.2 Å². The predicted octanol–water partition coefficient (Wildman–Crippen LogP) is 4.14. The fourth-order valence-corrected chi connectivity index (χ4v) is 3.60. The normalized spacial score (nSPS) is 22.8. The molecule has 0 aliphatic carbocycles. The van der Waals surface area contributed by atoms with Gasteiger partial charge in [-0.15, -0.1) is 0 Å². The Balaban J connectivity index is 1.73. The summed E-state index contributed by atoms with van der Waals surface area (Å²) in [6.07, 6.45) is 7.61. The number of carbonyl (C=O) groups is 2. The second-order valence-corrected chi connectivity index (χ2v) is 8.01. The lowest BCUT2D eigenvalue weighted by molar-refractivity contribution is 0.00677. The molecule has 3 N–H and O–H groups in total. The minimum atomic E-state index is -0.659. The van der Waals surface area contributed by atoms with Crippen LogP contribution in [0.2, 0.25) is 0 Å². The molecule has 0 saturated heterocycles. The van der Waals surface area contributed by atoms with E-state index in [-0.39, 0.29) is 29.6 Å². The zero-order valence-corrected chi connectivity index (χ0v) is 18.1. The first-order chi connectivity index (χ1) is 15.5. The van der Waals surface area contributed by atoms with E-state index in [2.05, 4.69) is 5.32 Å². The van der Waals surface area contributed by atoms with E-state index in [1.807, 2.05) is 25.1 Å². The fourth-order valence-electron chi connectivity index (χ4n) is 3.60. The number of phenols is 1. The van der Waals surface area contributed by atoms with Gasteiger partial charge in [-0.3, -0.25) is 4.79 Å². The molecule has 0 aromatic heterocycles. The van der Waals surface area contributed by atoms with Crippen LogP contribution < -0.4 is 5.32 Å². The van der Waals surface area contributed by atoms with E-state index >= 15 is 0 Å². The summed E-state index contributed by atoms with van der Waals surface area (Å²) in [4.78, 5) is 25.0. The monoisotopic (exact) mass is 435 g/mol. The number of carbonyl (C=O) groups excluding carboxylic acids is 2. The van der Waals surface area contributed by atoms with Crippen molar-refractivity contribution in [1.29, 1.82) is 0 Å². The molecule has 0 spiro atoms. The molecule has 6 heteroatoms. The van der Waals surface area contributed by atoms with Gasteiger partial charge in [0.25, 0.3) is 5.91 Å². The lowest BCUT2D eigenvalue weighted by Crippen LogP contribution is -2.28. The summed E-state index contributed by atoms with van der Waals surface area (Å²) in [5, 5.41) is 23.5. The van der Waals surface area contributed by atoms with Crippen LogP contribution in [0.4, 0.5) is 0 Å². The van der Waals surface area contributed by atoms with Crippen LogP contribution in [-0.4, -0.2) is 34.3 Å². The highest BCUT2D eigenvalue weighted by Gasteiger charge is 2.25. The predicted molar refractivity (Wildman–Crippen MR) is 122 cm³/mol. The molecule has 0 radical (unpaired) electrons. The number of fused-ring (bicyclic) bond motifs is 1. The molecule has 1 amide bonds. The number of amides is 1. The average molecular weight is 436 g/mol. The van der Waals surface area contributed by atoms with Crippen molar-refractivity contribution in [2.24, 2.45) is 5.92 Å². The SMILES string of the molecule is CC1C/C=C/Cc2cccc(O)c2C(=O)OC(C/C=C/NC(=O)c2ccccc2)CC1O. The molecule has 1 heterocycles.